The Labute approximate surface area is 155 Å². The Kier molecular flexibility index (Phi) is 5.34. The second-order valence-electron chi connectivity index (χ2n) is 5.51. The Morgan fingerprint density at radius 1 is 1.19 bits per heavy atom. The third kappa shape index (κ3) is 4.29. The molecule has 6 nitrogen and oxygen atoms in total. The lowest BCUT2D eigenvalue weighted by atomic mass is 10.1. The number of methoxy groups -OCH3 is 1. The van der Waals surface area contributed by atoms with Crippen LogP contribution in [-0.2, 0) is 16.1 Å². The molecule has 2 heterocycles. The highest BCUT2D eigenvalue weighted by Gasteiger charge is 2.05. The van der Waals surface area contributed by atoms with Crippen molar-refractivity contribution >= 4 is 35.2 Å². The van der Waals surface area contributed by atoms with E-state index in [1.807, 2.05) is 16.7 Å². The van der Waals surface area contributed by atoms with Crippen molar-refractivity contribution in [3.63, 3.8) is 0 Å². The summed E-state index contributed by atoms with van der Waals surface area (Å²) in [4.78, 5) is 27.7. The van der Waals surface area contributed by atoms with Crippen LogP contribution in [0.1, 0.15) is 21.6 Å². The number of amides is 1. The molecule has 132 valence electrons. The first kappa shape index (κ1) is 17.7. The molecule has 2 aromatic heterocycles. The summed E-state index contributed by atoms with van der Waals surface area (Å²) in [6.45, 7) is 0.309. The van der Waals surface area contributed by atoms with Gasteiger partial charge in [0.15, 0.2) is 0 Å². The van der Waals surface area contributed by atoms with Gasteiger partial charge >= 0.3 is 5.97 Å². The minimum absolute atomic E-state index is 0.239. The van der Waals surface area contributed by atoms with Gasteiger partial charge in [-0.25, -0.2) is 9.78 Å². The number of carbonyl (C=O) groups is 2. The number of rotatable bonds is 5. The van der Waals surface area contributed by atoms with E-state index in [1.54, 1.807) is 42.6 Å². The number of benzene rings is 1. The van der Waals surface area contributed by atoms with Crippen LogP contribution in [0.3, 0.4) is 0 Å². The lowest BCUT2D eigenvalue weighted by Crippen LogP contribution is -2.20. The number of nitrogens with one attached hydrogen (secondary N) is 1. The Morgan fingerprint density at radius 2 is 1.96 bits per heavy atom. The third-order valence-electron chi connectivity index (χ3n) is 3.67. The van der Waals surface area contributed by atoms with E-state index in [9.17, 15) is 9.59 Å². The SMILES string of the molecule is COC(=O)c1ccc(/C=C/C(=O)NCc2cn3cc(Cl)ccc3n2)cc1. The number of nitrogens with zero attached hydrogens (tertiary/aromatic N) is 2. The summed E-state index contributed by atoms with van der Waals surface area (Å²) in [6.07, 6.45) is 6.67. The Bertz CT molecular complexity index is 977. The predicted molar refractivity (Wildman–Crippen MR) is 98.9 cm³/mol. The number of ether oxygens (including phenoxy) is 1. The zero-order valence-corrected chi connectivity index (χ0v) is 14.7. The molecule has 0 aliphatic heterocycles. The van der Waals surface area contributed by atoms with Gasteiger partial charge in [0.2, 0.25) is 5.91 Å². The Balaban J connectivity index is 1.57. The van der Waals surface area contributed by atoms with Gasteiger partial charge in [-0.2, -0.15) is 0 Å². The smallest absolute Gasteiger partial charge is 0.337 e. The zero-order valence-electron chi connectivity index (χ0n) is 14.0. The number of imidazole rings is 1. The summed E-state index contributed by atoms with van der Waals surface area (Å²) in [5, 5.41) is 3.39. The molecule has 0 saturated carbocycles. The van der Waals surface area contributed by atoms with Gasteiger partial charge < -0.3 is 14.5 Å². The molecule has 0 saturated heterocycles. The standard InChI is InChI=1S/C19H16ClN3O3/c1-26-19(25)14-5-2-13(3-6-14)4-9-18(24)21-10-16-12-23-11-15(20)7-8-17(23)22-16/h2-9,11-12H,10H2,1H3,(H,21,24)/b9-4+. The lowest BCUT2D eigenvalue weighted by molar-refractivity contribution is -0.116. The number of pyridine rings is 1. The van der Waals surface area contributed by atoms with Crippen molar-refractivity contribution in [2.75, 3.05) is 7.11 Å². The van der Waals surface area contributed by atoms with Crippen LogP contribution in [0, 0.1) is 0 Å². The zero-order chi connectivity index (χ0) is 18.5. The fraction of sp³-hybridized carbons (Fsp3) is 0.105. The highest BCUT2D eigenvalue weighted by atomic mass is 35.5. The molecule has 1 amide bonds. The average molecular weight is 370 g/mol. The van der Waals surface area contributed by atoms with Gasteiger partial charge in [-0.1, -0.05) is 23.7 Å². The molecule has 1 aromatic carbocycles. The first-order chi connectivity index (χ1) is 12.5. The first-order valence-electron chi connectivity index (χ1n) is 7.82. The van der Waals surface area contributed by atoms with E-state index < -0.39 is 5.97 Å². The molecule has 3 rings (SSSR count). The summed E-state index contributed by atoms with van der Waals surface area (Å²) in [5.41, 5.74) is 2.76. The van der Waals surface area contributed by atoms with Crippen LogP contribution in [0.15, 0.2) is 54.9 Å². The number of aromatic nitrogens is 2. The van der Waals surface area contributed by atoms with Crippen LogP contribution >= 0.6 is 11.6 Å². The van der Waals surface area contributed by atoms with Gasteiger partial charge in [0.25, 0.3) is 0 Å². The van der Waals surface area contributed by atoms with Crippen LogP contribution in [0.2, 0.25) is 5.02 Å². The van der Waals surface area contributed by atoms with Crippen molar-refractivity contribution in [1.29, 1.82) is 0 Å². The first-order valence-corrected chi connectivity index (χ1v) is 8.20. The molecule has 7 heteroatoms. The van der Waals surface area contributed by atoms with Crippen molar-refractivity contribution in [3.8, 4) is 0 Å². The number of halogens is 1. The molecule has 0 unspecified atom stereocenters. The molecule has 0 spiro atoms. The van der Waals surface area contributed by atoms with Crippen molar-refractivity contribution in [1.82, 2.24) is 14.7 Å². The van der Waals surface area contributed by atoms with Crippen molar-refractivity contribution in [2.24, 2.45) is 0 Å². The highest BCUT2D eigenvalue weighted by Crippen LogP contribution is 2.12. The van der Waals surface area contributed by atoms with E-state index in [0.717, 1.165) is 16.9 Å². The summed E-state index contributed by atoms with van der Waals surface area (Å²) >= 11 is 5.94. The molecule has 0 fully saturated rings. The summed E-state index contributed by atoms with van der Waals surface area (Å²) in [6, 6.07) is 10.3. The van der Waals surface area contributed by atoms with Gasteiger partial charge in [-0.3, -0.25) is 4.79 Å². The largest absolute Gasteiger partial charge is 0.465 e. The van der Waals surface area contributed by atoms with E-state index in [0.29, 0.717) is 17.1 Å². The number of fused-ring (bicyclic) bond motifs is 1. The summed E-state index contributed by atoms with van der Waals surface area (Å²) < 4.78 is 6.45. The van der Waals surface area contributed by atoms with Crippen LogP contribution in [0.4, 0.5) is 0 Å². The molecule has 0 bridgehead atoms. The van der Waals surface area contributed by atoms with Gasteiger partial charge in [-0.05, 0) is 35.9 Å². The second kappa shape index (κ2) is 7.84. The average Bonchev–Trinajstić information content (AvgIpc) is 3.06. The van der Waals surface area contributed by atoms with Gasteiger partial charge in [-0.15, -0.1) is 0 Å². The molecule has 1 N–H and O–H groups in total. The Hall–Kier alpha value is -3.12. The maximum Gasteiger partial charge on any atom is 0.337 e. The molecule has 0 radical (unpaired) electrons. The van der Waals surface area contributed by atoms with Gasteiger partial charge in [0.1, 0.15) is 5.65 Å². The minimum Gasteiger partial charge on any atom is -0.465 e. The van der Waals surface area contributed by atoms with E-state index in [1.165, 1.54) is 13.2 Å². The molecular weight excluding hydrogens is 354 g/mol. The van der Waals surface area contributed by atoms with Crippen molar-refractivity contribution in [3.05, 3.63) is 76.7 Å². The van der Waals surface area contributed by atoms with Crippen molar-refractivity contribution in [2.45, 2.75) is 6.54 Å². The molecule has 3 aromatic rings. The molecule has 0 aliphatic rings. The summed E-state index contributed by atoms with van der Waals surface area (Å²) in [5.74, 6) is -0.635. The van der Waals surface area contributed by atoms with E-state index in [-0.39, 0.29) is 5.91 Å². The van der Waals surface area contributed by atoms with E-state index in [4.69, 9.17) is 11.6 Å². The number of hydrogen-bond donors (Lipinski definition) is 1. The fourth-order valence-electron chi connectivity index (χ4n) is 2.36. The highest BCUT2D eigenvalue weighted by molar-refractivity contribution is 6.30. The van der Waals surface area contributed by atoms with Crippen LogP contribution in [0.25, 0.3) is 11.7 Å². The van der Waals surface area contributed by atoms with E-state index >= 15 is 0 Å². The van der Waals surface area contributed by atoms with Crippen LogP contribution in [-0.4, -0.2) is 28.4 Å². The second-order valence-corrected chi connectivity index (χ2v) is 5.95. The number of hydrogen-bond acceptors (Lipinski definition) is 4. The number of esters is 1. The third-order valence-corrected chi connectivity index (χ3v) is 3.89. The minimum atomic E-state index is -0.396. The predicted octanol–water partition coefficient (Wildman–Crippen LogP) is 3.10. The van der Waals surface area contributed by atoms with Crippen LogP contribution < -0.4 is 5.32 Å². The maximum absolute atomic E-state index is 12.0. The normalized spacial score (nSPS) is 11.0. The molecule has 26 heavy (non-hydrogen) atoms. The van der Waals surface area contributed by atoms with Gasteiger partial charge in [0, 0.05) is 18.5 Å². The summed E-state index contributed by atoms with van der Waals surface area (Å²) in [7, 11) is 1.33. The lowest BCUT2D eigenvalue weighted by Gasteiger charge is -2.00. The number of carbonyl (C=O) groups excluding carboxylic acids is 2. The molecule has 0 atom stereocenters. The Morgan fingerprint density at radius 3 is 2.69 bits per heavy atom. The maximum atomic E-state index is 12.0. The van der Waals surface area contributed by atoms with Crippen molar-refractivity contribution < 1.29 is 14.3 Å². The monoisotopic (exact) mass is 369 g/mol. The molecular formula is C19H16ClN3O3. The topological polar surface area (TPSA) is 72.7 Å². The fourth-order valence-corrected chi connectivity index (χ4v) is 2.53. The van der Waals surface area contributed by atoms with E-state index in [2.05, 4.69) is 15.0 Å². The molecule has 0 aliphatic carbocycles. The quantitative estimate of drug-likeness (QED) is 0.554. The van der Waals surface area contributed by atoms with Crippen LogP contribution in [0.5, 0.6) is 0 Å². The van der Waals surface area contributed by atoms with Gasteiger partial charge in [0.05, 0.1) is 29.9 Å².